The molecule has 0 saturated heterocycles. The number of aromatic nitrogens is 4. The highest BCUT2D eigenvalue weighted by Crippen LogP contribution is 2.22. The van der Waals surface area contributed by atoms with Crippen LogP contribution in [0.3, 0.4) is 0 Å². The Balaban J connectivity index is 1.63. The van der Waals surface area contributed by atoms with Crippen molar-refractivity contribution in [3.63, 3.8) is 0 Å². The van der Waals surface area contributed by atoms with Crippen molar-refractivity contribution in [2.24, 2.45) is 0 Å². The van der Waals surface area contributed by atoms with E-state index in [1.807, 2.05) is 24.3 Å². The van der Waals surface area contributed by atoms with E-state index < -0.39 is 5.69 Å². The van der Waals surface area contributed by atoms with Crippen molar-refractivity contribution < 1.29 is 9.53 Å². The third-order valence-electron chi connectivity index (χ3n) is 4.52. The zero-order chi connectivity index (χ0) is 21.3. The van der Waals surface area contributed by atoms with Crippen LogP contribution >= 0.6 is 11.6 Å². The summed E-state index contributed by atoms with van der Waals surface area (Å²) in [5.74, 6) is 0.830. The number of hydrogen-bond acceptors (Lipinski definition) is 5. The first-order valence-electron chi connectivity index (χ1n) is 9.11. The summed E-state index contributed by atoms with van der Waals surface area (Å²) < 4.78 is 7.66. The van der Waals surface area contributed by atoms with Crippen molar-refractivity contribution in [3.8, 4) is 17.0 Å². The van der Waals surface area contributed by atoms with Crippen molar-refractivity contribution in [2.45, 2.75) is 13.5 Å². The van der Waals surface area contributed by atoms with Crippen LogP contribution in [-0.2, 0) is 11.3 Å². The molecule has 0 atom stereocenters. The average molecular weight is 424 g/mol. The summed E-state index contributed by atoms with van der Waals surface area (Å²) in [6, 6.07) is 15.9. The Bertz CT molecular complexity index is 1290. The van der Waals surface area contributed by atoms with Crippen LogP contribution in [0.5, 0.6) is 5.75 Å². The maximum Gasteiger partial charge on any atom is 0.352 e. The number of halogens is 1. The Morgan fingerprint density at radius 3 is 2.63 bits per heavy atom. The highest BCUT2D eigenvalue weighted by molar-refractivity contribution is 6.30. The number of rotatable bonds is 5. The van der Waals surface area contributed by atoms with Crippen molar-refractivity contribution in [1.82, 2.24) is 19.2 Å². The minimum absolute atomic E-state index is 0.232. The molecule has 2 aromatic carbocycles. The molecular weight excluding hydrogens is 406 g/mol. The number of hydrogen-bond donors (Lipinski definition) is 1. The van der Waals surface area contributed by atoms with Gasteiger partial charge in [-0.3, -0.25) is 4.79 Å². The number of carbonyl (C=O) groups is 1. The Morgan fingerprint density at radius 2 is 1.93 bits per heavy atom. The molecule has 1 amide bonds. The molecule has 4 rings (SSSR count). The number of benzene rings is 2. The van der Waals surface area contributed by atoms with Crippen LogP contribution < -0.4 is 15.7 Å². The van der Waals surface area contributed by atoms with E-state index in [1.54, 1.807) is 44.4 Å². The van der Waals surface area contributed by atoms with Crippen LogP contribution in [0, 0.1) is 6.92 Å². The van der Waals surface area contributed by atoms with Crippen molar-refractivity contribution in [3.05, 3.63) is 75.9 Å². The van der Waals surface area contributed by atoms with Gasteiger partial charge in [0.1, 0.15) is 18.1 Å². The normalized spacial score (nSPS) is 10.9. The van der Waals surface area contributed by atoms with Crippen molar-refractivity contribution in [2.75, 3.05) is 12.4 Å². The third-order valence-corrected chi connectivity index (χ3v) is 4.76. The largest absolute Gasteiger partial charge is 0.497 e. The average Bonchev–Trinajstić information content (AvgIpc) is 3.03. The molecule has 9 heteroatoms. The molecule has 0 saturated carbocycles. The second-order valence-electron chi connectivity index (χ2n) is 6.61. The quantitative estimate of drug-likeness (QED) is 0.532. The lowest BCUT2D eigenvalue weighted by Crippen LogP contribution is -2.28. The summed E-state index contributed by atoms with van der Waals surface area (Å²) in [6.07, 6.45) is 0. The topological polar surface area (TPSA) is 90.5 Å². The maximum atomic E-state index is 12.7. The SMILES string of the molecule is COc1ccc(-c2cc3nn(CC(=O)Nc4cccc(Cl)c4)c(=O)n3c(C)n2)cc1. The van der Waals surface area contributed by atoms with Gasteiger partial charge in [0.2, 0.25) is 5.91 Å². The number of fused-ring (bicyclic) bond motifs is 1. The minimum Gasteiger partial charge on any atom is -0.497 e. The van der Waals surface area contributed by atoms with E-state index in [9.17, 15) is 9.59 Å². The first-order valence-corrected chi connectivity index (χ1v) is 9.49. The molecule has 0 bridgehead atoms. The van der Waals surface area contributed by atoms with Crippen LogP contribution in [0.1, 0.15) is 5.82 Å². The number of methoxy groups -OCH3 is 1. The van der Waals surface area contributed by atoms with Crippen LogP contribution in [0.2, 0.25) is 5.02 Å². The van der Waals surface area contributed by atoms with E-state index in [4.69, 9.17) is 16.3 Å². The van der Waals surface area contributed by atoms with Gasteiger partial charge in [-0.2, -0.15) is 0 Å². The standard InChI is InChI=1S/C21H18ClN5O3/c1-13-23-18(14-6-8-17(30-2)9-7-14)11-19-25-26(21(29)27(13)19)12-20(28)24-16-5-3-4-15(22)10-16/h3-11H,12H2,1-2H3,(H,24,28). The molecular formula is C21H18ClN5O3. The maximum absolute atomic E-state index is 12.7. The second kappa shape index (κ2) is 8.00. The lowest BCUT2D eigenvalue weighted by atomic mass is 10.1. The van der Waals surface area contributed by atoms with E-state index in [0.717, 1.165) is 16.0 Å². The summed E-state index contributed by atoms with van der Waals surface area (Å²) in [6.45, 7) is 1.49. The molecule has 0 aliphatic heterocycles. The number of anilines is 1. The molecule has 8 nitrogen and oxygen atoms in total. The molecule has 0 aliphatic rings. The van der Waals surface area contributed by atoms with Gasteiger partial charge in [0.15, 0.2) is 5.65 Å². The van der Waals surface area contributed by atoms with Crippen LogP contribution in [-0.4, -0.2) is 32.2 Å². The molecule has 30 heavy (non-hydrogen) atoms. The lowest BCUT2D eigenvalue weighted by molar-refractivity contribution is -0.117. The molecule has 0 aliphatic carbocycles. The first kappa shape index (κ1) is 19.7. The van der Waals surface area contributed by atoms with Gasteiger partial charge in [-0.1, -0.05) is 17.7 Å². The summed E-state index contributed by atoms with van der Waals surface area (Å²) in [5.41, 5.74) is 2.06. The van der Waals surface area contributed by atoms with Crippen LogP contribution in [0.15, 0.2) is 59.4 Å². The van der Waals surface area contributed by atoms with Crippen molar-refractivity contribution in [1.29, 1.82) is 0 Å². The number of nitrogens with one attached hydrogen (secondary N) is 1. The molecule has 152 valence electrons. The number of nitrogens with zero attached hydrogens (tertiary/aromatic N) is 4. The van der Waals surface area contributed by atoms with E-state index in [2.05, 4.69) is 15.4 Å². The molecule has 0 unspecified atom stereocenters. The second-order valence-corrected chi connectivity index (χ2v) is 7.05. The van der Waals surface area contributed by atoms with Crippen LogP contribution in [0.4, 0.5) is 5.69 Å². The van der Waals surface area contributed by atoms with Gasteiger partial charge < -0.3 is 10.1 Å². The monoisotopic (exact) mass is 423 g/mol. The zero-order valence-corrected chi connectivity index (χ0v) is 17.1. The highest BCUT2D eigenvalue weighted by Gasteiger charge is 2.15. The summed E-state index contributed by atoms with van der Waals surface area (Å²) in [5, 5.41) is 7.52. The van der Waals surface area contributed by atoms with Crippen LogP contribution in [0.25, 0.3) is 16.9 Å². The number of amides is 1. The Kier molecular flexibility index (Phi) is 5.24. The fourth-order valence-electron chi connectivity index (χ4n) is 3.12. The molecule has 1 N–H and O–H groups in total. The van der Waals surface area contributed by atoms with Gasteiger partial charge in [-0.25, -0.2) is 18.9 Å². The van der Waals surface area contributed by atoms with E-state index in [-0.39, 0.29) is 12.5 Å². The molecule has 0 radical (unpaired) electrons. The smallest absolute Gasteiger partial charge is 0.352 e. The molecule has 4 aromatic rings. The fourth-order valence-corrected chi connectivity index (χ4v) is 3.31. The van der Waals surface area contributed by atoms with E-state index >= 15 is 0 Å². The van der Waals surface area contributed by atoms with Gasteiger partial charge in [0, 0.05) is 22.3 Å². The summed E-state index contributed by atoms with van der Waals surface area (Å²) >= 11 is 5.93. The van der Waals surface area contributed by atoms with Gasteiger partial charge in [0.25, 0.3) is 0 Å². The van der Waals surface area contributed by atoms with E-state index in [0.29, 0.717) is 27.9 Å². The third kappa shape index (κ3) is 3.90. The zero-order valence-electron chi connectivity index (χ0n) is 16.3. The first-order chi connectivity index (χ1) is 14.4. The number of carbonyl (C=O) groups excluding carboxylic acids is 1. The van der Waals surface area contributed by atoms with Gasteiger partial charge in [-0.05, 0) is 49.4 Å². The molecule has 2 aromatic heterocycles. The molecule has 0 spiro atoms. The Morgan fingerprint density at radius 1 is 1.17 bits per heavy atom. The van der Waals surface area contributed by atoms with E-state index in [1.165, 1.54) is 4.40 Å². The minimum atomic E-state index is -0.433. The summed E-state index contributed by atoms with van der Waals surface area (Å²) in [4.78, 5) is 29.6. The molecule has 0 fully saturated rings. The Hall–Kier alpha value is -3.65. The highest BCUT2D eigenvalue weighted by atomic mass is 35.5. The predicted octanol–water partition coefficient (Wildman–Crippen LogP) is 3.17. The molecule has 2 heterocycles. The fraction of sp³-hybridized carbons (Fsp3) is 0.143. The van der Waals surface area contributed by atoms with Gasteiger partial charge in [0.05, 0.1) is 12.8 Å². The van der Waals surface area contributed by atoms with Crippen molar-refractivity contribution >= 4 is 28.8 Å². The van der Waals surface area contributed by atoms with Gasteiger partial charge >= 0.3 is 5.69 Å². The Labute approximate surface area is 176 Å². The summed E-state index contributed by atoms with van der Waals surface area (Å²) in [7, 11) is 1.60. The predicted molar refractivity (Wildman–Crippen MR) is 114 cm³/mol. The lowest BCUT2D eigenvalue weighted by Gasteiger charge is -2.05. The number of aryl methyl sites for hydroxylation is 1. The number of ether oxygens (including phenoxy) is 1. The van der Waals surface area contributed by atoms with Gasteiger partial charge in [-0.15, -0.1) is 5.10 Å².